The van der Waals surface area contributed by atoms with Gasteiger partial charge in [0.2, 0.25) is 0 Å². The molecule has 2 heteroatoms. The molecule has 3 atom stereocenters. The van der Waals surface area contributed by atoms with E-state index in [9.17, 15) is 0 Å². The molecule has 0 heterocycles. The number of hydrogen-bond donors (Lipinski definition) is 2. The van der Waals surface area contributed by atoms with Crippen molar-refractivity contribution in [1.82, 2.24) is 0 Å². The van der Waals surface area contributed by atoms with Crippen LogP contribution < -0.4 is 11.5 Å². The molecule has 16 heavy (non-hydrogen) atoms. The summed E-state index contributed by atoms with van der Waals surface area (Å²) in [7, 11) is 0. The van der Waals surface area contributed by atoms with Crippen LogP contribution in [-0.4, -0.2) is 6.54 Å². The Labute approximate surface area is 97.0 Å². The molecule has 2 aliphatic rings. The van der Waals surface area contributed by atoms with Crippen LogP contribution in [0, 0.1) is 11.8 Å². The molecule has 3 rings (SSSR count). The Balaban J connectivity index is 2.10. The Kier molecular flexibility index (Phi) is 2.30. The molecule has 1 aromatic rings. The summed E-state index contributed by atoms with van der Waals surface area (Å²) in [4.78, 5) is 0. The lowest BCUT2D eigenvalue weighted by atomic mass is 9.66. The van der Waals surface area contributed by atoms with Crippen LogP contribution in [0.2, 0.25) is 0 Å². The van der Waals surface area contributed by atoms with Crippen LogP contribution in [-0.2, 0) is 12.0 Å². The molecule has 0 radical (unpaired) electrons. The minimum absolute atomic E-state index is 0.135. The second-order valence-electron chi connectivity index (χ2n) is 5.35. The highest BCUT2D eigenvalue weighted by atomic mass is 14.8. The zero-order valence-electron chi connectivity index (χ0n) is 9.65. The molecule has 2 aliphatic carbocycles. The van der Waals surface area contributed by atoms with Crippen molar-refractivity contribution in [3.8, 4) is 0 Å². The zero-order valence-corrected chi connectivity index (χ0v) is 9.65. The number of nitrogens with two attached hydrogens (primary N) is 2. The van der Waals surface area contributed by atoms with E-state index in [4.69, 9.17) is 11.5 Å². The van der Waals surface area contributed by atoms with Crippen molar-refractivity contribution in [2.45, 2.75) is 31.2 Å². The quantitative estimate of drug-likeness (QED) is 0.751. The summed E-state index contributed by atoms with van der Waals surface area (Å²) in [5.74, 6) is 1.09. The van der Waals surface area contributed by atoms with E-state index >= 15 is 0 Å². The predicted molar refractivity (Wildman–Crippen MR) is 65.9 cm³/mol. The summed E-state index contributed by atoms with van der Waals surface area (Å²) >= 11 is 0. The smallest absolute Gasteiger partial charge is 0.0484 e. The monoisotopic (exact) mass is 216 g/mol. The van der Waals surface area contributed by atoms with E-state index < -0.39 is 0 Å². The summed E-state index contributed by atoms with van der Waals surface area (Å²) in [5, 5.41) is 0. The van der Waals surface area contributed by atoms with Gasteiger partial charge in [0.25, 0.3) is 0 Å². The normalized spacial score (nSPS) is 36.9. The number of hydrogen-bond acceptors (Lipinski definition) is 2. The van der Waals surface area contributed by atoms with Gasteiger partial charge in [-0.1, -0.05) is 30.7 Å². The maximum Gasteiger partial charge on any atom is 0.0484 e. The van der Waals surface area contributed by atoms with Crippen LogP contribution in [0.4, 0.5) is 0 Å². The summed E-state index contributed by atoms with van der Waals surface area (Å²) in [5.41, 5.74) is 15.4. The number of rotatable bonds is 1. The molecular weight excluding hydrogens is 196 g/mol. The molecule has 0 bridgehead atoms. The van der Waals surface area contributed by atoms with Crippen LogP contribution in [0.3, 0.4) is 0 Å². The van der Waals surface area contributed by atoms with E-state index in [1.807, 2.05) is 0 Å². The number of benzene rings is 1. The highest BCUT2D eigenvalue weighted by Crippen LogP contribution is 2.50. The first-order valence-corrected chi connectivity index (χ1v) is 6.34. The van der Waals surface area contributed by atoms with Crippen molar-refractivity contribution < 1.29 is 0 Å². The average molecular weight is 216 g/mol. The van der Waals surface area contributed by atoms with Gasteiger partial charge in [0.1, 0.15) is 0 Å². The third-order valence-electron chi connectivity index (χ3n) is 4.69. The molecule has 1 saturated carbocycles. The van der Waals surface area contributed by atoms with Crippen LogP contribution in [0.5, 0.6) is 0 Å². The lowest BCUT2D eigenvalue weighted by Gasteiger charge is -2.43. The van der Waals surface area contributed by atoms with E-state index in [1.165, 1.54) is 30.4 Å². The molecule has 1 aromatic carbocycles. The van der Waals surface area contributed by atoms with Gasteiger partial charge in [-0.15, -0.1) is 0 Å². The molecule has 0 saturated heterocycles. The maximum absolute atomic E-state index is 6.75. The van der Waals surface area contributed by atoms with Gasteiger partial charge in [0.15, 0.2) is 0 Å². The van der Waals surface area contributed by atoms with Crippen LogP contribution in [0.15, 0.2) is 24.3 Å². The zero-order chi connectivity index (χ0) is 11.2. The Morgan fingerprint density at radius 1 is 1.25 bits per heavy atom. The van der Waals surface area contributed by atoms with Gasteiger partial charge in [0, 0.05) is 5.54 Å². The molecule has 1 unspecified atom stereocenters. The first kappa shape index (κ1) is 10.3. The van der Waals surface area contributed by atoms with Gasteiger partial charge >= 0.3 is 0 Å². The molecule has 2 nitrogen and oxygen atoms in total. The molecule has 0 spiro atoms. The molecule has 86 valence electrons. The lowest BCUT2D eigenvalue weighted by molar-refractivity contribution is 0.131. The molecule has 0 aliphatic heterocycles. The van der Waals surface area contributed by atoms with Crippen LogP contribution in [0.1, 0.15) is 30.4 Å². The van der Waals surface area contributed by atoms with Crippen molar-refractivity contribution in [3.05, 3.63) is 35.4 Å². The van der Waals surface area contributed by atoms with E-state index in [0.717, 1.165) is 13.0 Å². The van der Waals surface area contributed by atoms with E-state index in [-0.39, 0.29) is 5.54 Å². The van der Waals surface area contributed by atoms with Crippen molar-refractivity contribution in [3.63, 3.8) is 0 Å². The molecule has 0 aromatic heterocycles. The summed E-state index contributed by atoms with van der Waals surface area (Å²) < 4.78 is 0. The minimum atomic E-state index is -0.135. The standard InChI is InChI=1S/C14H20N2/c15-9-12-6-3-5-11-8-10-4-1-2-7-13(10)14(11,12)16/h1-2,4,7,11-12H,3,5-6,8-9,15-16H2/t11-,12?,14-/m1/s1. The average Bonchev–Trinajstić information content (AvgIpc) is 2.62. The highest BCUT2D eigenvalue weighted by molar-refractivity contribution is 5.41. The van der Waals surface area contributed by atoms with Crippen molar-refractivity contribution in [2.75, 3.05) is 6.54 Å². The van der Waals surface area contributed by atoms with Gasteiger partial charge in [0.05, 0.1) is 0 Å². The fraction of sp³-hybridized carbons (Fsp3) is 0.571. The van der Waals surface area contributed by atoms with Crippen molar-refractivity contribution in [1.29, 1.82) is 0 Å². The van der Waals surface area contributed by atoms with Crippen LogP contribution in [0.25, 0.3) is 0 Å². The van der Waals surface area contributed by atoms with Crippen molar-refractivity contribution >= 4 is 0 Å². The third kappa shape index (κ3) is 1.20. The first-order chi connectivity index (χ1) is 7.76. The highest BCUT2D eigenvalue weighted by Gasteiger charge is 2.49. The second-order valence-corrected chi connectivity index (χ2v) is 5.35. The molecule has 1 fully saturated rings. The van der Waals surface area contributed by atoms with Crippen molar-refractivity contribution in [2.24, 2.45) is 23.3 Å². The Bertz CT molecular complexity index is 393. The predicted octanol–water partition coefficient (Wildman–Crippen LogP) is 1.77. The molecule has 0 amide bonds. The van der Waals surface area contributed by atoms with E-state index in [0.29, 0.717) is 11.8 Å². The van der Waals surface area contributed by atoms with Gasteiger partial charge < -0.3 is 11.5 Å². The second kappa shape index (κ2) is 3.57. The maximum atomic E-state index is 6.75. The number of fused-ring (bicyclic) bond motifs is 3. The lowest BCUT2D eigenvalue weighted by Crippen LogP contribution is -2.52. The van der Waals surface area contributed by atoms with E-state index in [1.54, 1.807) is 0 Å². The molecule has 4 N–H and O–H groups in total. The fourth-order valence-electron chi connectivity index (χ4n) is 3.83. The van der Waals surface area contributed by atoms with Crippen LogP contribution >= 0.6 is 0 Å². The topological polar surface area (TPSA) is 52.0 Å². The molecular formula is C14H20N2. The summed E-state index contributed by atoms with van der Waals surface area (Å²) in [6.07, 6.45) is 4.90. The van der Waals surface area contributed by atoms with E-state index in [2.05, 4.69) is 24.3 Å². The SMILES string of the molecule is NCC1CCC[C@@H]2Cc3ccccc3[C@]12N. The van der Waals surface area contributed by atoms with Gasteiger partial charge in [-0.25, -0.2) is 0 Å². The Hall–Kier alpha value is -0.860. The summed E-state index contributed by atoms with van der Waals surface area (Å²) in [6, 6.07) is 8.67. The Morgan fingerprint density at radius 2 is 2.06 bits per heavy atom. The fourth-order valence-corrected chi connectivity index (χ4v) is 3.83. The largest absolute Gasteiger partial charge is 0.330 e. The van der Waals surface area contributed by atoms with Gasteiger partial charge in [-0.05, 0) is 48.8 Å². The Morgan fingerprint density at radius 3 is 2.88 bits per heavy atom. The first-order valence-electron chi connectivity index (χ1n) is 6.34. The van der Waals surface area contributed by atoms with Gasteiger partial charge in [-0.2, -0.15) is 0 Å². The summed E-state index contributed by atoms with van der Waals surface area (Å²) in [6.45, 7) is 0.724. The van der Waals surface area contributed by atoms with Gasteiger partial charge in [-0.3, -0.25) is 0 Å². The minimum Gasteiger partial charge on any atom is -0.330 e. The third-order valence-corrected chi connectivity index (χ3v) is 4.69.